The summed E-state index contributed by atoms with van der Waals surface area (Å²) in [5, 5.41) is 21.7. The lowest BCUT2D eigenvalue weighted by Gasteiger charge is -2.27. The predicted octanol–water partition coefficient (Wildman–Crippen LogP) is 1.85. The second-order valence-electron chi connectivity index (χ2n) is 12.1. The summed E-state index contributed by atoms with van der Waals surface area (Å²) in [6.07, 6.45) is -0.435. The molecule has 3 aromatic rings. The lowest BCUT2D eigenvalue weighted by Crippen LogP contribution is -2.58. The molecule has 48 heavy (non-hydrogen) atoms. The van der Waals surface area contributed by atoms with E-state index in [1.165, 1.54) is 6.92 Å². The summed E-state index contributed by atoms with van der Waals surface area (Å²) < 4.78 is 24.1. The summed E-state index contributed by atoms with van der Waals surface area (Å²) in [5.74, 6) is -3.04. The number of nitrogens with one attached hydrogen (secondary N) is 4. The molecule has 0 radical (unpaired) electrons. The molecule has 4 rings (SSSR count). The quantitative estimate of drug-likeness (QED) is 0.164. The summed E-state index contributed by atoms with van der Waals surface area (Å²) in [7, 11) is -3.53. The van der Waals surface area contributed by atoms with E-state index < -0.39 is 63.4 Å². The second-order valence-corrected chi connectivity index (χ2v) is 14.3. The van der Waals surface area contributed by atoms with Gasteiger partial charge in [0, 0.05) is 24.8 Å². The van der Waals surface area contributed by atoms with E-state index in [0.717, 1.165) is 34.1 Å². The first-order valence-electron chi connectivity index (χ1n) is 15.7. The fourth-order valence-corrected chi connectivity index (χ4v) is 6.15. The molecule has 12 heteroatoms. The molecule has 1 aliphatic carbocycles. The Labute approximate surface area is 281 Å². The van der Waals surface area contributed by atoms with Crippen molar-refractivity contribution in [3.05, 3.63) is 113 Å². The van der Waals surface area contributed by atoms with Gasteiger partial charge in [-0.3, -0.25) is 19.2 Å². The molecule has 0 aromatic heterocycles. The Hall–Kier alpha value is -4.81. The molecule has 0 bridgehead atoms. The Morgan fingerprint density at radius 1 is 0.792 bits per heavy atom. The van der Waals surface area contributed by atoms with Gasteiger partial charge in [0.2, 0.25) is 17.7 Å². The number of benzene rings is 3. The van der Waals surface area contributed by atoms with Gasteiger partial charge in [0.25, 0.3) is 5.91 Å². The molecule has 1 aliphatic rings. The van der Waals surface area contributed by atoms with E-state index in [1.807, 2.05) is 61.5 Å². The number of aliphatic hydroxyl groups excluding tert-OH is 1. The second kappa shape index (κ2) is 16.3. The van der Waals surface area contributed by atoms with Crippen LogP contribution in [0, 0.1) is 0 Å². The van der Waals surface area contributed by atoms with E-state index >= 15 is 0 Å². The van der Waals surface area contributed by atoms with Crippen LogP contribution in [0.2, 0.25) is 0 Å². The minimum atomic E-state index is -3.53. The third kappa shape index (κ3) is 10.1. The summed E-state index contributed by atoms with van der Waals surface area (Å²) >= 11 is 0. The first-order chi connectivity index (χ1) is 22.8. The number of carbonyl (C=O) groups excluding carboxylic acids is 4. The van der Waals surface area contributed by atoms with Crippen LogP contribution in [-0.4, -0.2) is 73.4 Å². The van der Waals surface area contributed by atoms with Crippen molar-refractivity contribution in [3.63, 3.8) is 0 Å². The van der Waals surface area contributed by atoms with Crippen molar-refractivity contribution in [2.45, 2.75) is 63.9 Å². The molecule has 0 saturated carbocycles. The number of hydrogen-bond donors (Lipinski definition) is 5. The lowest BCUT2D eigenvalue weighted by atomic mass is 9.99. The Balaban J connectivity index is 1.46. The van der Waals surface area contributed by atoms with Gasteiger partial charge in [0.1, 0.15) is 21.9 Å². The summed E-state index contributed by atoms with van der Waals surface area (Å²) in [6.45, 7) is 3.47. The zero-order chi connectivity index (χ0) is 34.8. The molecule has 5 N–H and O–H groups in total. The maximum Gasteiger partial charge on any atom is 0.251 e. The van der Waals surface area contributed by atoms with Crippen LogP contribution in [0.25, 0.3) is 5.57 Å². The van der Waals surface area contributed by atoms with Crippen LogP contribution in [0.3, 0.4) is 0 Å². The Bertz CT molecular complexity index is 1760. The minimum absolute atomic E-state index is 0.0720. The topological polar surface area (TPSA) is 171 Å². The highest BCUT2D eigenvalue weighted by molar-refractivity contribution is 7.90. The van der Waals surface area contributed by atoms with E-state index in [2.05, 4.69) is 21.3 Å². The first-order valence-corrected chi connectivity index (χ1v) is 17.8. The van der Waals surface area contributed by atoms with Crippen molar-refractivity contribution in [2.24, 2.45) is 0 Å². The fourth-order valence-electron chi connectivity index (χ4n) is 5.49. The number of sulfone groups is 1. The number of rotatable bonds is 15. The molecule has 3 aromatic carbocycles. The van der Waals surface area contributed by atoms with Crippen molar-refractivity contribution in [2.75, 3.05) is 12.0 Å². The standard InChI is InChI=1S/C36H42N4O7S/c1-23-28-17-11-10-16-27(28)21-29(23)34(43)38-24(2)33(42)39-30(18-19-48(3,46)47)35(44)40-31(20-25-12-6-4-7-13-25)32(41)36(45)37-22-26-14-8-5-9-15-26/h4-17,24,30-32,41H,18-22H2,1-3H3,(H,37,45)(H,38,43)(H,39,42)(H,40,44)/t24-,30-,31-,32?/m0/s1. The van der Waals surface area contributed by atoms with Gasteiger partial charge in [0.05, 0.1) is 11.8 Å². The maximum absolute atomic E-state index is 13.7. The zero-order valence-electron chi connectivity index (χ0n) is 27.2. The molecular formula is C36H42N4O7S. The van der Waals surface area contributed by atoms with Crippen LogP contribution in [0.4, 0.5) is 0 Å². The molecule has 4 atom stereocenters. The molecule has 4 amide bonds. The van der Waals surface area contributed by atoms with Crippen molar-refractivity contribution >= 4 is 39.0 Å². The number of carbonyl (C=O) groups is 4. The van der Waals surface area contributed by atoms with E-state index in [9.17, 15) is 32.7 Å². The van der Waals surface area contributed by atoms with Crippen molar-refractivity contribution < 1.29 is 32.7 Å². The highest BCUT2D eigenvalue weighted by atomic mass is 32.2. The number of amides is 4. The van der Waals surface area contributed by atoms with Gasteiger partial charge in [-0.15, -0.1) is 0 Å². The van der Waals surface area contributed by atoms with Crippen LogP contribution in [0.5, 0.6) is 0 Å². The smallest absolute Gasteiger partial charge is 0.251 e. The van der Waals surface area contributed by atoms with E-state index in [-0.39, 0.29) is 19.4 Å². The molecule has 11 nitrogen and oxygen atoms in total. The van der Waals surface area contributed by atoms with Crippen LogP contribution >= 0.6 is 0 Å². The van der Waals surface area contributed by atoms with E-state index in [4.69, 9.17) is 0 Å². The lowest BCUT2D eigenvalue weighted by molar-refractivity contribution is -0.134. The Morgan fingerprint density at radius 2 is 1.40 bits per heavy atom. The number of fused-ring (bicyclic) bond motifs is 1. The van der Waals surface area contributed by atoms with Gasteiger partial charge in [0.15, 0.2) is 6.10 Å². The largest absolute Gasteiger partial charge is 0.381 e. The maximum atomic E-state index is 13.7. The van der Waals surface area contributed by atoms with Crippen molar-refractivity contribution in [1.82, 2.24) is 21.3 Å². The predicted molar refractivity (Wildman–Crippen MR) is 183 cm³/mol. The first kappa shape index (κ1) is 36.0. The van der Waals surface area contributed by atoms with Gasteiger partial charge < -0.3 is 26.4 Å². The number of allylic oxidation sites excluding steroid dienone is 1. The van der Waals surface area contributed by atoms with Crippen molar-refractivity contribution in [3.8, 4) is 0 Å². The molecule has 0 heterocycles. The van der Waals surface area contributed by atoms with E-state index in [1.54, 1.807) is 30.3 Å². The third-order valence-corrected chi connectivity index (χ3v) is 9.23. The number of aliphatic hydroxyl groups is 1. The van der Waals surface area contributed by atoms with Gasteiger partial charge in [-0.05, 0) is 54.5 Å². The molecule has 0 saturated heterocycles. The van der Waals surface area contributed by atoms with Crippen LogP contribution in [0.1, 0.15) is 42.5 Å². The van der Waals surface area contributed by atoms with Crippen LogP contribution in [0.15, 0.2) is 90.5 Å². The van der Waals surface area contributed by atoms with Gasteiger partial charge in [-0.1, -0.05) is 84.9 Å². The molecule has 0 fully saturated rings. The minimum Gasteiger partial charge on any atom is -0.381 e. The van der Waals surface area contributed by atoms with Crippen molar-refractivity contribution in [1.29, 1.82) is 0 Å². The van der Waals surface area contributed by atoms with Crippen LogP contribution in [-0.2, 0) is 48.4 Å². The van der Waals surface area contributed by atoms with Crippen LogP contribution < -0.4 is 21.3 Å². The fraction of sp³-hybridized carbons (Fsp3) is 0.333. The molecular weight excluding hydrogens is 632 g/mol. The Kier molecular flexibility index (Phi) is 12.3. The van der Waals surface area contributed by atoms with Gasteiger partial charge in [-0.25, -0.2) is 8.42 Å². The molecule has 1 unspecified atom stereocenters. The highest BCUT2D eigenvalue weighted by Gasteiger charge is 2.32. The van der Waals surface area contributed by atoms with Gasteiger partial charge in [-0.2, -0.15) is 0 Å². The highest BCUT2D eigenvalue weighted by Crippen LogP contribution is 2.32. The molecule has 0 aliphatic heterocycles. The molecule has 0 spiro atoms. The zero-order valence-corrected chi connectivity index (χ0v) is 28.0. The van der Waals surface area contributed by atoms with Gasteiger partial charge >= 0.3 is 0 Å². The SMILES string of the molecule is CC1=C(C(=O)N[C@@H](C)C(=O)N[C@@H](CCS(C)(=O)=O)C(=O)N[C@@H](Cc2ccccc2)C(O)C(=O)NCc2ccccc2)Cc2ccccc21. The average molecular weight is 675 g/mol. The average Bonchev–Trinajstić information content (AvgIpc) is 3.41. The third-order valence-electron chi connectivity index (χ3n) is 8.25. The monoisotopic (exact) mass is 674 g/mol. The summed E-state index contributed by atoms with van der Waals surface area (Å²) in [4.78, 5) is 53.1. The summed E-state index contributed by atoms with van der Waals surface area (Å²) in [6, 6.07) is 22.2. The Morgan fingerprint density at radius 3 is 2.02 bits per heavy atom. The number of hydrogen-bond acceptors (Lipinski definition) is 7. The molecule has 254 valence electrons. The summed E-state index contributed by atoms with van der Waals surface area (Å²) in [5.41, 5.74) is 4.87. The van der Waals surface area contributed by atoms with E-state index in [0.29, 0.717) is 12.0 Å². The normalized spacial score (nSPS) is 15.0.